The maximum Gasteiger partial charge on any atom is 0.234 e. The minimum atomic E-state index is -0.160. The Hall–Kier alpha value is -2.68. The van der Waals surface area contributed by atoms with Crippen molar-refractivity contribution in [1.29, 1.82) is 0 Å². The number of para-hydroxylation sites is 2. The van der Waals surface area contributed by atoms with Crippen LogP contribution in [0.1, 0.15) is 12.2 Å². The van der Waals surface area contributed by atoms with E-state index in [1.807, 2.05) is 16.7 Å². The maximum absolute atomic E-state index is 12.4. The number of carbonyl (C=O) groups is 1. The lowest BCUT2D eigenvalue weighted by molar-refractivity contribution is -0.113. The smallest absolute Gasteiger partial charge is 0.234 e. The van der Waals surface area contributed by atoms with E-state index >= 15 is 0 Å². The molecule has 0 aliphatic heterocycles. The Morgan fingerprint density at radius 1 is 1.21 bits per heavy atom. The zero-order valence-corrected chi connectivity index (χ0v) is 20.4. The summed E-state index contributed by atoms with van der Waals surface area (Å²) in [5, 5.41) is 13.1. The van der Waals surface area contributed by atoms with Gasteiger partial charge < -0.3 is 19.4 Å². The van der Waals surface area contributed by atoms with Crippen LogP contribution in [0.4, 0.5) is 5.69 Å². The van der Waals surface area contributed by atoms with Gasteiger partial charge in [-0.3, -0.25) is 4.79 Å². The second-order valence-electron chi connectivity index (χ2n) is 6.86. The Bertz CT molecular complexity index is 1110. The molecule has 0 saturated heterocycles. The number of aromatic nitrogens is 3. The first kappa shape index (κ1) is 25.0. The number of anilines is 1. The lowest BCUT2D eigenvalue weighted by Crippen LogP contribution is -2.15. The molecule has 3 aromatic rings. The lowest BCUT2D eigenvalue weighted by atomic mass is 10.3. The average molecular weight is 507 g/mol. The number of benzene rings is 2. The van der Waals surface area contributed by atoms with Crippen LogP contribution >= 0.6 is 35.0 Å². The fraction of sp³-hybridized carbons (Fsp3) is 0.261. The number of hydrogen-bond acceptors (Lipinski definition) is 6. The highest BCUT2D eigenvalue weighted by Crippen LogP contribution is 2.28. The molecule has 0 spiro atoms. The predicted molar refractivity (Wildman–Crippen MR) is 133 cm³/mol. The number of ether oxygens (including phenoxy) is 2. The number of nitrogens with one attached hydrogen (secondary N) is 1. The fourth-order valence-corrected chi connectivity index (χ4v) is 4.22. The van der Waals surface area contributed by atoms with E-state index in [4.69, 9.17) is 32.7 Å². The molecule has 174 valence electrons. The van der Waals surface area contributed by atoms with Gasteiger partial charge in [-0.15, -0.1) is 16.8 Å². The molecule has 10 heteroatoms. The molecule has 0 saturated carbocycles. The first-order valence-corrected chi connectivity index (χ1v) is 11.9. The first-order chi connectivity index (χ1) is 16.0. The quantitative estimate of drug-likeness (QED) is 0.198. The molecule has 0 aliphatic carbocycles. The molecule has 33 heavy (non-hydrogen) atoms. The van der Waals surface area contributed by atoms with E-state index in [1.54, 1.807) is 43.5 Å². The normalized spacial score (nSPS) is 10.6. The SMILES string of the molecule is C=CCn1c(CCCOc2ccc(Cl)cc2Cl)nnc1SCC(=O)Nc1ccccc1OC. The Balaban J connectivity index is 1.54. The van der Waals surface area contributed by atoms with Crippen molar-refractivity contribution in [1.82, 2.24) is 14.8 Å². The van der Waals surface area contributed by atoms with Gasteiger partial charge in [0.1, 0.15) is 17.3 Å². The number of amides is 1. The molecule has 1 aromatic heterocycles. The summed E-state index contributed by atoms with van der Waals surface area (Å²) in [6.07, 6.45) is 3.14. The van der Waals surface area contributed by atoms with E-state index in [0.29, 0.717) is 58.4 Å². The highest BCUT2D eigenvalue weighted by Gasteiger charge is 2.14. The summed E-state index contributed by atoms with van der Waals surface area (Å²) in [6.45, 7) is 4.82. The standard InChI is InChI=1S/C23H24Cl2N4O3S/c1-3-12-29-21(9-6-13-32-19-11-10-16(24)14-17(19)25)27-28-23(29)33-15-22(30)26-18-7-4-5-8-20(18)31-2/h3-5,7-8,10-11,14H,1,6,9,12-13,15H2,2H3,(H,26,30). The highest BCUT2D eigenvalue weighted by atomic mass is 35.5. The van der Waals surface area contributed by atoms with Gasteiger partial charge in [0.25, 0.3) is 0 Å². The van der Waals surface area contributed by atoms with Crippen molar-refractivity contribution in [3.05, 3.63) is 71.0 Å². The molecule has 3 rings (SSSR count). The number of nitrogens with zero attached hydrogens (tertiary/aromatic N) is 3. The van der Waals surface area contributed by atoms with Gasteiger partial charge in [-0.05, 0) is 36.8 Å². The minimum absolute atomic E-state index is 0.160. The lowest BCUT2D eigenvalue weighted by Gasteiger charge is -2.10. The number of thioether (sulfide) groups is 1. The summed E-state index contributed by atoms with van der Waals surface area (Å²) < 4.78 is 13.0. The monoisotopic (exact) mass is 506 g/mol. The molecule has 0 fully saturated rings. The maximum atomic E-state index is 12.4. The Morgan fingerprint density at radius 3 is 2.79 bits per heavy atom. The van der Waals surface area contributed by atoms with Crippen molar-refractivity contribution in [3.8, 4) is 11.5 Å². The van der Waals surface area contributed by atoms with E-state index in [-0.39, 0.29) is 11.7 Å². The number of rotatable bonds is 12. The van der Waals surface area contributed by atoms with E-state index in [9.17, 15) is 4.79 Å². The molecule has 0 bridgehead atoms. The van der Waals surface area contributed by atoms with Gasteiger partial charge in [0.2, 0.25) is 5.91 Å². The van der Waals surface area contributed by atoms with Gasteiger partial charge in [-0.25, -0.2) is 0 Å². The molecular weight excluding hydrogens is 483 g/mol. The van der Waals surface area contributed by atoms with Crippen LogP contribution < -0.4 is 14.8 Å². The third-order valence-electron chi connectivity index (χ3n) is 4.51. The number of aryl methyl sites for hydroxylation is 1. The van der Waals surface area contributed by atoms with Crippen molar-refractivity contribution in [2.45, 2.75) is 24.5 Å². The number of allylic oxidation sites excluding steroid dienone is 1. The highest BCUT2D eigenvalue weighted by molar-refractivity contribution is 7.99. The van der Waals surface area contributed by atoms with Crippen LogP contribution in [0, 0.1) is 0 Å². The summed E-state index contributed by atoms with van der Waals surface area (Å²) in [5.74, 6) is 2.02. The van der Waals surface area contributed by atoms with Crippen LogP contribution in [0.2, 0.25) is 10.0 Å². The number of carbonyl (C=O) groups excluding carboxylic acids is 1. The summed E-state index contributed by atoms with van der Waals surface area (Å²) >= 11 is 13.4. The van der Waals surface area contributed by atoms with Gasteiger partial charge in [-0.1, -0.05) is 53.2 Å². The van der Waals surface area contributed by atoms with Crippen LogP contribution in [0.15, 0.2) is 60.3 Å². The molecule has 1 N–H and O–H groups in total. The third-order valence-corrected chi connectivity index (χ3v) is 6.01. The van der Waals surface area contributed by atoms with Crippen LogP contribution in [0.25, 0.3) is 0 Å². The second-order valence-corrected chi connectivity index (χ2v) is 8.65. The summed E-state index contributed by atoms with van der Waals surface area (Å²) in [4.78, 5) is 12.4. The summed E-state index contributed by atoms with van der Waals surface area (Å²) in [6, 6.07) is 12.4. The Kier molecular flexibility index (Phi) is 9.47. The van der Waals surface area contributed by atoms with Crippen LogP contribution in [0.3, 0.4) is 0 Å². The van der Waals surface area contributed by atoms with Crippen molar-refractivity contribution in [2.24, 2.45) is 0 Å². The molecule has 0 aliphatic rings. The van der Waals surface area contributed by atoms with Gasteiger partial charge >= 0.3 is 0 Å². The summed E-state index contributed by atoms with van der Waals surface area (Å²) in [7, 11) is 1.56. The largest absolute Gasteiger partial charge is 0.495 e. The Morgan fingerprint density at radius 2 is 2.03 bits per heavy atom. The van der Waals surface area contributed by atoms with Gasteiger partial charge in [0, 0.05) is 18.0 Å². The first-order valence-electron chi connectivity index (χ1n) is 10.2. The predicted octanol–water partition coefficient (Wildman–Crippen LogP) is 5.52. The molecule has 0 atom stereocenters. The fourth-order valence-electron chi connectivity index (χ4n) is 2.99. The van der Waals surface area contributed by atoms with E-state index in [0.717, 1.165) is 5.82 Å². The van der Waals surface area contributed by atoms with Crippen molar-refractivity contribution in [3.63, 3.8) is 0 Å². The van der Waals surface area contributed by atoms with Crippen molar-refractivity contribution < 1.29 is 14.3 Å². The van der Waals surface area contributed by atoms with Crippen LogP contribution in [0.5, 0.6) is 11.5 Å². The van der Waals surface area contributed by atoms with E-state index < -0.39 is 0 Å². The van der Waals surface area contributed by atoms with Crippen molar-refractivity contribution >= 4 is 46.6 Å². The molecular formula is C23H24Cl2N4O3S. The van der Waals surface area contributed by atoms with Gasteiger partial charge in [0.15, 0.2) is 5.16 Å². The van der Waals surface area contributed by atoms with Crippen molar-refractivity contribution in [2.75, 3.05) is 24.8 Å². The van der Waals surface area contributed by atoms with Gasteiger partial charge in [-0.2, -0.15) is 0 Å². The zero-order valence-electron chi connectivity index (χ0n) is 18.1. The number of hydrogen-bond donors (Lipinski definition) is 1. The average Bonchev–Trinajstić information content (AvgIpc) is 3.18. The molecule has 0 radical (unpaired) electrons. The molecule has 1 heterocycles. The zero-order chi connectivity index (χ0) is 23.6. The number of halogens is 2. The van der Waals surface area contributed by atoms with Gasteiger partial charge in [0.05, 0.1) is 30.2 Å². The van der Waals surface area contributed by atoms with E-state index in [2.05, 4.69) is 22.1 Å². The van der Waals surface area contributed by atoms with Crippen LogP contribution in [-0.2, 0) is 17.8 Å². The molecule has 1 amide bonds. The number of methoxy groups -OCH3 is 1. The Labute approximate surface area is 207 Å². The molecule has 2 aromatic carbocycles. The van der Waals surface area contributed by atoms with E-state index in [1.165, 1.54) is 11.8 Å². The third kappa shape index (κ3) is 7.15. The van der Waals surface area contributed by atoms with Crippen LogP contribution in [-0.4, -0.2) is 40.1 Å². The minimum Gasteiger partial charge on any atom is -0.495 e. The molecule has 7 nitrogen and oxygen atoms in total. The summed E-state index contributed by atoms with van der Waals surface area (Å²) in [5.41, 5.74) is 0.625. The molecule has 0 unspecified atom stereocenters. The topological polar surface area (TPSA) is 78.3 Å². The second kappa shape index (κ2) is 12.5.